The van der Waals surface area contributed by atoms with Crippen LogP contribution < -0.4 is 10.6 Å². The van der Waals surface area contributed by atoms with Crippen LogP contribution in [0, 0.1) is 12.7 Å². The number of benzene rings is 4. The number of aryl methyl sites for hydroxylation is 1. The lowest BCUT2D eigenvalue weighted by Crippen LogP contribution is -2.35. The van der Waals surface area contributed by atoms with E-state index in [4.69, 9.17) is 23.2 Å². The van der Waals surface area contributed by atoms with E-state index < -0.39 is 12.1 Å². The number of anilines is 1. The fourth-order valence-electron chi connectivity index (χ4n) is 4.22. The van der Waals surface area contributed by atoms with Crippen molar-refractivity contribution < 1.29 is 9.18 Å². The molecule has 1 atom stereocenters. The van der Waals surface area contributed by atoms with Crippen LogP contribution in [-0.2, 0) is 12.2 Å². The highest BCUT2D eigenvalue weighted by atomic mass is 35.5. The van der Waals surface area contributed by atoms with Crippen LogP contribution in [0.5, 0.6) is 0 Å². The second-order valence-corrected chi connectivity index (χ2v) is 11.2. The van der Waals surface area contributed by atoms with E-state index in [1.807, 2.05) is 66.1 Å². The van der Waals surface area contributed by atoms with Gasteiger partial charge in [0.05, 0.1) is 16.1 Å². The van der Waals surface area contributed by atoms with Crippen LogP contribution >= 0.6 is 35.0 Å². The molecule has 0 spiro atoms. The van der Waals surface area contributed by atoms with Crippen molar-refractivity contribution in [3.05, 3.63) is 135 Å². The number of hydrogen-bond acceptors (Lipinski definition) is 4. The first-order valence-corrected chi connectivity index (χ1v) is 14.6. The summed E-state index contributed by atoms with van der Waals surface area (Å²) in [5.74, 6) is 0.861. The number of rotatable bonds is 9. The molecule has 0 aliphatic rings. The van der Waals surface area contributed by atoms with Gasteiger partial charge >= 0.3 is 6.03 Å². The first-order valence-electron chi connectivity index (χ1n) is 12.8. The van der Waals surface area contributed by atoms with E-state index in [-0.39, 0.29) is 5.82 Å². The molecule has 5 rings (SSSR count). The Hall–Kier alpha value is -3.85. The lowest BCUT2D eigenvalue weighted by molar-refractivity contribution is 0.247. The molecule has 4 aromatic carbocycles. The molecule has 41 heavy (non-hydrogen) atoms. The standard InChI is InChI=1S/C31H26Cl2FN5OS/c1-20-7-14-25(15-8-20)39-29(37-38-31(39)41-19-22-9-11-23(34)12-10-22)28(17-21-5-3-2-4-6-21)36-30(40)35-24-13-16-26(32)27(33)18-24/h2-16,18,28H,17,19H2,1H3,(H2,35,36,40). The first kappa shape index (κ1) is 28.7. The second kappa shape index (κ2) is 13.2. The summed E-state index contributed by atoms with van der Waals surface area (Å²) in [5.41, 5.74) is 4.46. The molecular weight excluding hydrogens is 580 g/mol. The molecule has 10 heteroatoms. The summed E-state index contributed by atoms with van der Waals surface area (Å²) in [6.45, 7) is 2.02. The Morgan fingerprint density at radius 2 is 1.63 bits per heavy atom. The number of halogens is 3. The van der Waals surface area contributed by atoms with Gasteiger partial charge in [0.25, 0.3) is 0 Å². The first-order chi connectivity index (χ1) is 19.9. The van der Waals surface area contributed by atoms with Gasteiger partial charge in [-0.3, -0.25) is 4.57 Å². The number of nitrogens with zero attached hydrogens (tertiary/aromatic N) is 3. The average Bonchev–Trinajstić information content (AvgIpc) is 3.39. The zero-order valence-electron chi connectivity index (χ0n) is 22.0. The van der Waals surface area contributed by atoms with Crippen molar-refractivity contribution in [3.8, 4) is 5.69 Å². The van der Waals surface area contributed by atoms with Crippen molar-refractivity contribution >= 4 is 46.7 Å². The SMILES string of the molecule is Cc1ccc(-n2c(SCc3ccc(F)cc3)nnc2C(Cc2ccccc2)NC(=O)Nc2ccc(Cl)c(Cl)c2)cc1. The molecule has 2 amide bonds. The van der Waals surface area contributed by atoms with Crippen molar-refractivity contribution in [1.29, 1.82) is 0 Å². The van der Waals surface area contributed by atoms with Gasteiger partial charge in [-0.2, -0.15) is 0 Å². The van der Waals surface area contributed by atoms with Gasteiger partial charge in [0.1, 0.15) is 5.82 Å². The van der Waals surface area contributed by atoms with Crippen molar-refractivity contribution in [2.75, 3.05) is 5.32 Å². The predicted molar refractivity (Wildman–Crippen MR) is 164 cm³/mol. The van der Waals surface area contributed by atoms with E-state index >= 15 is 0 Å². The van der Waals surface area contributed by atoms with Gasteiger partial charge < -0.3 is 10.6 Å². The van der Waals surface area contributed by atoms with Crippen molar-refractivity contribution in [2.45, 2.75) is 30.3 Å². The highest BCUT2D eigenvalue weighted by Crippen LogP contribution is 2.30. The lowest BCUT2D eigenvalue weighted by Gasteiger charge is -2.21. The number of urea groups is 1. The smallest absolute Gasteiger partial charge is 0.319 e. The molecule has 0 saturated heterocycles. The molecule has 2 N–H and O–H groups in total. The van der Waals surface area contributed by atoms with Crippen LogP contribution in [0.4, 0.5) is 14.9 Å². The monoisotopic (exact) mass is 605 g/mol. The molecule has 0 aliphatic heterocycles. The number of thioether (sulfide) groups is 1. The highest BCUT2D eigenvalue weighted by molar-refractivity contribution is 7.98. The summed E-state index contributed by atoms with van der Waals surface area (Å²) in [6, 6.07) is 28.2. The second-order valence-electron chi connectivity index (χ2n) is 9.40. The number of aromatic nitrogens is 3. The predicted octanol–water partition coefficient (Wildman–Crippen LogP) is 8.42. The Balaban J connectivity index is 1.49. The molecule has 5 aromatic rings. The van der Waals surface area contributed by atoms with Gasteiger partial charge in [-0.15, -0.1) is 10.2 Å². The summed E-state index contributed by atoms with van der Waals surface area (Å²) in [5, 5.41) is 16.4. The Labute approximate surface area is 251 Å². The zero-order valence-corrected chi connectivity index (χ0v) is 24.3. The van der Waals surface area contributed by atoms with Crippen LogP contribution in [-0.4, -0.2) is 20.8 Å². The van der Waals surface area contributed by atoms with Gasteiger partial charge in [-0.1, -0.05) is 95.1 Å². The molecule has 1 unspecified atom stereocenters. The van der Waals surface area contributed by atoms with Crippen LogP contribution in [0.2, 0.25) is 10.0 Å². The topological polar surface area (TPSA) is 71.8 Å². The summed E-state index contributed by atoms with van der Waals surface area (Å²) < 4.78 is 15.4. The fourth-order valence-corrected chi connectivity index (χ4v) is 5.43. The van der Waals surface area contributed by atoms with Crippen molar-refractivity contribution in [3.63, 3.8) is 0 Å². The van der Waals surface area contributed by atoms with Gasteiger partial charge in [0.2, 0.25) is 0 Å². The fraction of sp³-hybridized carbons (Fsp3) is 0.129. The minimum Gasteiger partial charge on any atom is -0.327 e. The maximum Gasteiger partial charge on any atom is 0.319 e. The minimum absolute atomic E-state index is 0.280. The molecule has 0 radical (unpaired) electrons. The van der Waals surface area contributed by atoms with E-state index in [1.54, 1.807) is 30.3 Å². The highest BCUT2D eigenvalue weighted by Gasteiger charge is 2.25. The van der Waals surface area contributed by atoms with E-state index in [0.29, 0.717) is 38.9 Å². The molecule has 208 valence electrons. The van der Waals surface area contributed by atoms with Crippen LogP contribution in [0.25, 0.3) is 5.69 Å². The maximum absolute atomic E-state index is 13.4. The largest absolute Gasteiger partial charge is 0.327 e. The van der Waals surface area contributed by atoms with Crippen LogP contribution in [0.15, 0.2) is 102 Å². The number of nitrogens with one attached hydrogen (secondary N) is 2. The van der Waals surface area contributed by atoms with Crippen molar-refractivity contribution in [1.82, 2.24) is 20.1 Å². The molecule has 0 fully saturated rings. The number of hydrogen-bond donors (Lipinski definition) is 2. The maximum atomic E-state index is 13.4. The summed E-state index contributed by atoms with van der Waals surface area (Å²) >= 11 is 13.7. The molecule has 6 nitrogen and oxygen atoms in total. The Bertz CT molecular complexity index is 1630. The minimum atomic E-state index is -0.533. The zero-order chi connectivity index (χ0) is 28.8. The summed E-state index contributed by atoms with van der Waals surface area (Å²) in [7, 11) is 0. The van der Waals surface area contributed by atoms with E-state index in [1.165, 1.54) is 23.9 Å². The molecule has 0 bridgehead atoms. The van der Waals surface area contributed by atoms with Gasteiger partial charge in [0, 0.05) is 23.5 Å². The number of carbonyl (C=O) groups is 1. The van der Waals surface area contributed by atoms with E-state index in [9.17, 15) is 9.18 Å². The number of amides is 2. The van der Waals surface area contributed by atoms with Crippen LogP contribution in [0.3, 0.4) is 0 Å². The van der Waals surface area contributed by atoms with E-state index in [2.05, 4.69) is 20.8 Å². The molecule has 0 saturated carbocycles. The van der Waals surface area contributed by atoms with Gasteiger partial charge in [-0.25, -0.2) is 9.18 Å². The van der Waals surface area contributed by atoms with Gasteiger partial charge in [-0.05, 0) is 60.5 Å². The molecule has 1 heterocycles. The summed E-state index contributed by atoms with van der Waals surface area (Å²) in [6.07, 6.45) is 0.474. The van der Waals surface area contributed by atoms with E-state index in [0.717, 1.165) is 22.4 Å². The van der Waals surface area contributed by atoms with Gasteiger partial charge in [0.15, 0.2) is 11.0 Å². The molecular formula is C31H26Cl2FN5OS. The Morgan fingerprint density at radius 3 is 2.34 bits per heavy atom. The lowest BCUT2D eigenvalue weighted by atomic mass is 10.1. The normalized spacial score (nSPS) is 11.7. The number of carbonyl (C=O) groups excluding carboxylic acids is 1. The Morgan fingerprint density at radius 1 is 0.902 bits per heavy atom. The summed E-state index contributed by atoms with van der Waals surface area (Å²) in [4.78, 5) is 13.2. The quantitative estimate of drug-likeness (QED) is 0.165. The van der Waals surface area contributed by atoms with Crippen LogP contribution in [0.1, 0.15) is 28.6 Å². The average molecular weight is 607 g/mol. The third-order valence-electron chi connectivity index (χ3n) is 6.31. The third kappa shape index (κ3) is 7.47. The molecule has 0 aliphatic carbocycles. The third-order valence-corrected chi connectivity index (χ3v) is 8.05. The van der Waals surface area contributed by atoms with Crippen molar-refractivity contribution in [2.24, 2.45) is 0 Å². The molecule has 1 aromatic heterocycles. The Kier molecular flexibility index (Phi) is 9.24.